The smallest absolute Gasteiger partial charge is 0.207 e. The van der Waals surface area contributed by atoms with Gasteiger partial charge in [-0.15, -0.1) is 0 Å². The number of rotatable bonds is 2. The highest BCUT2D eigenvalue weighted by atomic mass is 32.2. The first-order valence-corrected chi connectivity index (χ1v) is 5.16. The molecule has 0 amide bonds. The molecule has 0 aromatic heterocycles. The molecule has 0 N–H and O–H groups in total. The van der Waals surface area contributed by atoms with Crippen molar-refractivity contribution in [3.05, 3.63) is 29.8 Å². The van der Waals surface area contributed by atoms with E-state index in [1.165, 1.54) is 14.1 Å². The van der Waals surface area contributed by atoms with Gasteiger partial charge in [-0.25, -0.2) is 21.5 Å². The molecule has 78 valence electrons. The number of sulfonamides is 1. The van der Waals surface area contributed by atoms with Crippen LogP contribution in [0.25, 0.3) is 0 Å². The Kier molecular flexibility index (Phi) is 2.86. The lowest BCUT2D eigenvalue weighted by Gasteiger charge is -2.10. The molecule has 0 bridgehead atoms. The summed E-state index contributed by atoms with van der Waals surface area (Å²) >= 11 is 0. The average Bonchev–Trinajstić information content (AvgIpc) is 2.01. The molecular formula is C8H9F2NO2S. The van der Waals surface area contributed by atoms with E-state index < -0.39 is 21.7 Å². The standard InChI is InChI=1S/C8H9F2NO2S/c1-11(2)14(12,13)8-4-6(9)3-7(10)5-8/h3-5H,1-2H3. The Morgan fingerprint density at radius 3 is 1.86 bits per heavy atom. The lowest BCUT2D eigenvalue weighted by Crippen LogP contribution is -2.22. The van der Waals surface area contributed by atoms with Crippen LogP contribution >= 0.6 is 0 Å². The number of hydrogen-bond acceptors (Lipinski definition) is 2. The SMILES string of the molecule is CN(C)S(=O)(=O)c1cc(F)cc(F)c1. The first-order valence-electron chi connectivity index (χ1n) is 3.72. The lowest BCUT2D eigenvalue weighted by molar-refractivity contribution is 0.515. The summed E-state index contributed by atoms with van der Waals surface area (Å²) in [5.41, 5.74) is 0. The normalized spacial score (nSPS) is 12.1. The molecule has 0 aliphatic rings. The predicted molar refractivity (Wildman–Crippen MR) is 47.2 cm³/mol. The fraction of sp³-hybridized carbons (Fsp3) is 0.250. The van der Waals surface area contributed by atoms with Crippen LogP contribution in [-0.4, -0.2) is 26.8 Å². The van der Waals surface area contributed by atoms with Crippen LogP contribution in [0.3, 0.4) is 0 Å². The minimum Gasteiger partial charge on any atom is -0.207 e. The van der Waals surface area contributed by atoms with E-state index in [9.17, 15) is 17.2 Å². The number of hydrogen-bond donors (Lipinski definition) is 0. The molecule has 0 saturated carbocycles. The van der Waals surface area contributed by atoms with Crippen LogP contribution in [-0.2, 0) is 10.0 Å². The number of nitrogens with zero attached hydrogens (tertiary/aromatic N) is 1. The Labute approximate surface area is 81.0 Å². The summed E-state index contributed by atoms with van der Waals surface area (Å²) in [6.07, 6.45) is 0. The Morgan fingerprint density at radius 2 is 1.50 bits per heavy atom. The molecule has 0 saturated heterocycles. The molecule has 14 heavy (non-hydrogen) atoms. The largest absolute Gasteiger partial charge is 0.242 e. The minimum absolute atomic E-state index is 0.389. The third-order valence-corrected chi connectivity index (χ3v) is 3.41. The van der Waals surface area contributed by atoms with Crippen LogP contribution in [0.1, 0.15) is 0 Å². The third-order valence-electron chi connectivity index (χ3n) is 1.61. The van der Waals surface area contributed by atoms with E-state index in [0.29, 0.717) is 6.07 Å². The highest BCUT2D eigenvalue weighted by molar-refractivity contribution is 7.89. The van der Waals surface area contributed by atoms with E-state index in [1.807, 2.05) is 0 Å². The van der Waals surface area contributed by atoms with Crippen LogP contribution in [0.2, 0.25) is 0 Å². The number of halogens is 2. The molecule has 1 aromatic carbocycles. The van der Waals surface area contributed by atoms with E-state index in [2.05, 4.69) is 0 Å². The van der Waals surface area contributed by atoms with Gasteiger partial charge in [0.15, 0.2) is 0 Å². The summed E-state index contributed by atoms with van der Waals surface area (Å²) in [6.45, 7) is 0. The van der Waals surface area contributed by atoms with Crippen molar-refractivity contribution >= 4 is 10.0 Å². The first kappa shape index (κ1) is 11.1. The molecule has 0 fully saturated rings. The first-order chi connectivity index (χ1) is 6.34. The Balaban J connectivity index is 3.34. The molecule has 0 atom stereocenters. The Hall–Kier alpha value is -1.01. The van der Waals surface area contributed by atoms with Gasteiger partial charge in [0.05, 0.1) is 4.90 Å². The zero-order valence-corrected chi connectivity index (χ0v) is 8.48. The topological polar surface area (TPSA) is 37.4 Å². The highest BCUT2D eigenvalue weighted by Crippen LogP contribution is 2.16. The van der Waals surface area contributed by atoms with E-state index in [1.54, 1.807) is 0 Å². The van der Waals surface area contributed by atoms with Gasteiger partial charge in [-0.05, 0) is 12.1 Å². The summed E-state index contributed by atoms with van der Waals surface area (Å²) in [4.78, 5) is -0.389. The monoisotopic (exact) mass is 221 g/mol. The molecule has 0 unspecified atom stereocenters. The predicted octanol–water partition coefficient (Wildman–Crippen LogP) is 1.22. The van der Waals surface area contributed by atoms with Gasteiger partial charge in [-0.3, -0.25) is 0 Å². The molecule has 1 rings (SSSR count). The van der Waals surface area contributed by atoms with Crippen molar-refractivity contribution in [1.29, 1.82) is 0 Å². The van der Waals surface area contributed by atoms with Crippen molar-refractivity contribution < 1.29 is 17.2 Å². The maximum Gasteiger partial charge on any atom is 0.242 e. The van der Waals surface area contributed by atoms with Crippen LogP contribution in [0.15, 0.2) is 23.1 Å². The van der Waals surface area contributed by atoms with Crippen molar-refractivity contribution in [2.24, 2.45) is 0 Å². The van der Waals surface area contributed by atoms with Gasteiger partial charge in [-0.1, -0.05) is 0 Å². The van der Waals surface area contributed by atoms with Crippen LogP contribution in [0.4, 0.5) is 8.78 Å². The molecular weight excluding hydrogens is 212 g/mol. The van der Waals surface area contributed by atoms with Gasteiger partial charge in [0, 0.05) is 20.2 Å². The van der Waals surface area contributed by atoms with E-state index in [4.69, 9.17) is 0 Å². The lowest BCUT2D eigenvalue weighted by atomic mass is 10.3. The zero-order valence-electron chi connectivity index (χ0n) is 7.66. The zero-order chi connectivity index (χ0) is 10.9. The molecule has 6 heteroatoms. The summed E-state index contributed by atoms with van der Waals surface area (Å²) < 4.78 is 49.1. The van der Waals surface area contributed by atoms with Crippen molar-refractivity contribution in [1.82, 2.24) is 4.31 Å². The van der Waals surface area contributed by atoms with Crippen LogP contribution in [0.5, 0.6) is 0 Å². The van der Waals surface area contributed by atoms with E-state index in [-0.39, 0.29) is 4.90 Å². The van der Waals surface area contributed by atoms with Crippen LogP contribution in [0, 0.1) is 11.6 Å². The number of benzene rings is 1. The maximum absolute atomic E-state index is 12.7. The summed E-state index contributed by atoms with van der Waals surface area (Å²) in [7, 11) is -1.19. The molecule has 0 radical (unpaired) electrons. The molecule has 0 spiro atoms. The van der Waals surface area contributed by atoms with Gasteiger partial charge in [0.25, 0.3) is 0 Å². The van der Waals surface area contributed by atoms with Gasteiger partial charge < -0.3 is 0 Å². The molecule has 0 aliphatic carbocycles. The van der Waals surface area contributed by atoms with Crippen molar-refractivity contribution in [2.75, 3.05) is 14.1 Å². The van der Waals surface area contributed by atoms with Gasteiger partial charge in [-0.2, -0.15) is 0 Å². The van der Waals surface area contributed by atoms with Gasteiger partial charge in [0.1, 0.15) is 11.6 Å². The van der Waals surface area contributed by atoms with Gasteiger partial charge in [0.2, 0.25) is 10.0 Å². The quantitative estimate of drug-likeness (QED) is 0.752. The summed E-state index contributed by atoms with van der Waals surface area (Å²) in [6, 6.07) is 2.17. The fourth-order valence-corrected chi connectivity index (χ4v) is 1.83. The van der Waals surface area contributed by atoms with Crippen molar-refractivity contribution in [3.8, 4) is 0 Å². The average molecular weight is 221 g/mol. The second kappa shape index (κ2) is 3.62. The Bertz CT molecular complexity index is 422. The molecule has 0 aliphatic heterocycles. The van der Waals surface area contributed by atoms with E-state index in [0.717, 1.165) is 16.4 Å². The second-order valence-corrected chi connectivity index (χ2v) is 5.04. The van der Waals surface area contributed by atoms with Crippen molar-refractivity contribution in [2.45, 2.75) is 4.90 Å². The maximum atomic E-state index is 12.7. The Morgan fingerprint density at radius 1 is 1.07 bits per heavy atom. The summed E-state index contributed by atoms with van der Waals surface area (Å²) in [5, 5.41) is 0. The van der Waals surface area contributed by atoms with E-state index >= 15 is 0 Å². The van der Waals surface area contributed by atoms with Crippen molar-refractivity contribution in [3.63, 3.8) is 0 Å². The molecule has 1 aromatic rings. The summed E-state index contributed by atoms with van der Waals surface area (Å²) in [5.74, 6) is -1.82. The highest BCUT2D eigenvalue weighted by Gasteiger charge is 2.18. The third kappa shape index (κ3) is 2.08. The second-order valence-electron chi connectivity index (χ2n) is 2.89. The van der Waals surface area contributed by atoms with Gasteiger partial charge >= 0.3 is 0 Å². The molecule has 0 heterocycles. The van der Waals surface area contributed by atoms with Crippen LogP contribution < -0.4 is 0 Å². The minimum atomic E-state index is -3.77. The molecule has 3 nitrogen and oxygen atoms in total. The fourth-order valence-electron chi connectivity index (χ4n) is 0.888.